The highest BCUT2D eigenvalue weighted by atomic mass is 35.5. The third kappa shape index (κ3) is 3.13. The summed E-state index contributed by atoms with van der Waals surface area (Å²) in [5.74, 6) is 1.22. The van der Waals surface area contributed by atoms with Crippen molar-refractivity contribution >= 4 is 30.1 Å². The second kappa shape index (κ2) is 5.96. The van der Waals surface area contributed by atoms with Crippen LogP contribution in [0.15, 0.2) is 18.2 Å². The lowest BCUT2D eigenvalue weighted by Gasteiger charge is -2.37. The molecule has 3 rings (SSSR count). The van der Waals surface area contributed by atoms with Crippen molar-refractivity contribution in [2.24, 2.45) is 0 Å². The number of amides is 1. The summed E-state index contributed by atoms with van der Waals surface area (Å²) in [6.45, 7) is 7.94. The van der Waals surface area contributed by atoms with Gasteiger partial charge < -0.3 is 10.2 Å². The molecule has 0 unspecified atom stereocenters. The van der Waals surface area contributed by atoms with Gasteiger partial charge >= 0.3 is 0 Å². The van der Waals surface area contributed by atoms with Gasteiger partial charge in [-0.05, 0) is 37.1 Å². The van der Waals surface area contributed by atoms with Crippen molar-refractivity contribution in [2.45, 2.75) is 31.7 Å². The fourth-order valence-corrected chi connectivity index (χ4v) is 3.91. The zero-order chi connectivity index (χ0) is 13.5. The van der Waals surface area contributed by atoms with Crippen LogP contribution in [0.4, 0.5) is 0 Å². The summed E-state index contributed by atoms with van der Waals surface area (Å²) in [4.78, 5) is 14.6. The Hall–Kier alpha value is -0.710. The summed E-state index contributed by atoms with van der Waals surface area (Å²) in [6, 6.07) is 6.13. The van der Waals surface area contributed by atoms with Gasteiger partial charge in [-0.1, -0.05) is 6.07 Å². The fourth-order valence-electron chi connectivity index (χ4n) is 2.80. The zero-order valence-corrected chi connectivity index (χ0v) is 13.6. The highest BCUT2D eigenvalue weighted by molar-refractivity contribution is 8.00. The Balaban J connectivity index is 0.00000147. The first-order valence-electron chi connectivity index (χ1n) is 6.81. The quantitative estimate of drug-likeness (QED) is 0.865. The third-order valence-electron chi connectivity index (χ3n) is 3.80. The predicted molar refractivity (Wildman–Crippen MR) is 86.7 cm³/mol. The second-order valence-corrected chi connectivity index (χ2v) is 7.72. The Morgan fingerprint density at radius 2 is 2.05 bits per heavy atom. The molecular formula is C15H21ClN2OS. The van der Waals surface area contributed by atoms with E-state index in [2.05, 4.69) is 31.3 Å². The summed E-state index contributed by atoms with van der Waals surface area (Å²) in [7, 11) is 0. The van der Waals surface area contributed by atoms with E-state index >= 15 is 0 Å². The number of hydrogen-bond donors (Lipinski definition) is 1. The lowest BCUT2D eigenvalue weighted by Crippen LogP contribution is -2.46. The van der Waals surface area contributed by atoms with Gasteiger partial charge in [0.15, 0.2) is 0 Å². The van der Waals surface area contributed by atoms with E-state index in [1.165, 1.54) is 11.1 Å². The molecule has 1 fully saturated rings. The Kier molecular flexibility index (Phi) is 4.67. The smallest absolute Gasteiger partial charge is 0.253 e. The van der Waals surface area contributed by atoms with Gasteiger partial charge in [-0.2, -0.15) is 11.8 Å². The first-order chi connectivity index (χ1) is 9.05. The van der Waals surface area contributed by atoms with Gasteiger partial charge in [0.05, 0.1) is 0 Å². The summed E-state index contributed by atoms with van der Waals surface area (Å²) < 4.78 is 0.173. The molecule has 0 saturated carbocycles. The maximum Gasteiger partial charge on any atom is 0.253 e. The number of carbonyl (C=O) groups is 1. The van der Waals surface area contributed by atoms with Crippen LogP contribution in [0.2, 0.25) is 0 Å². The Labute approximate surface area is 130 Å². The number of halogens is 1. The molecule has 0 aliphatic carbocycles. The largest absolute Gasteiger partial charge is 0.336 e. The van der Waals surface area contributed by atoms with Crippen molar-refractivity contribution in [3.05, 3.63) is 34.9 Å². The van der Waals surface area contributed by atoms with Crippen molar-refractivity contribution in [3.63, 3.8) is 0 Å². The number of fused-ring (bicyclic) bond motifs is 1. The molecule has 1 aromatic rings. The standard InChI is InChI=1S/C15H20N2OS.ClH/c1-15(2)10-17(5-6-19-15)14(18)11-3-4-12-8-16-9-13(12)7-11;/h3-4,7,16H,5-6,8-10H2,1-2H3;1H. The molecule has 2 aliphatic heterocycles. The van der Waals surface area contributed by atoms with Gasteiger partial charge in [0.2, 0.25) is 0 Å². The van der Waals surface area contributed by atoms with Crippen LogP contribution >= 0.6 is 24.2 Å². The maximum atomic E-state index is 12.6. The number of rotatable bonds is 1. The van der Waals surface area contributed by atoms with Crippen molar-refractivity contribution in [1.29, 1.82) is 0 Å². The summed E-state index contributed by atoms with van der Waals surface area (Å²) in [5, 5.41) is 3.32. The molecule has 20 heavy (non-hydrogen) atoms. The summed E-state index contributed by atoms with van der Waals surface area (Å²) >= 11 is 1.95. The average molecular weight is 313 g/mol. The molecule has 1 amide bonds. The van der Waals surface area contributed by atoms with Crippen LogP contribution in [-0.4, -0.2) is 34.4 Å². The number of nitrogens with zero attached hydrogens (tertiary/aromatic N) is 1. The molecule has 0 aromatic heterocycles. The van der Waals surface area contributed by atoms with E-state index in [9.17, 15) is 4.79 Å². The Bertz CT molecular complexity index is 519. The van der Waals surface area contributed by atoms with E-state index in [4.69, 9.17) is 0 Å². The molecule has 0 atom stereocenters. The molecule has 0 bridgehead atoms. The molecule has 1 N–H and O–H groups in total. The normalized spacial score (nSPS) is 20.2. The van der Waals surface area contributed by atoms with E-state index in [1.54, 1.807) is 0 Å². The van der Waals surface area contributed by atoms with E-state index in [0.29, 0.717) is 0 Å². The van der Waals surface area contributed by atoms with Crippen LogP contribution in [0.25, 0.3) is 0 Å². The molecule has 110 valence electrons. The second-order valence-electron chi connectivity index (χ2n) is 5.92. The number of benzene rings is 1. The number of carbonyl (C=O) groups excluding carboxylic acids is 1. The Morgan fingerprint density at radius 1 is 1.30 bits per heavy atom. The number of hydrogen-bond acceptors (Lipinski definition) is 3. The monoisotopic (exact) mass is 312 g/mol. The zero-order valence-electron chi connectivity index (χ0n) is 11.9. The van der Waals surface area contributed by atoms with Crippen molar-refractivity contribution in [2.75, 3.05) is 18.8 Å². The van der Waals surface area contributed by atoms with Gasteiger partial charge in [0.25, 0.3) is 5.91 Å². The van der Waals surface area contributed by atoms with Crippen LogP contribution in [-0.2, 0) is 13.1 Å². The first-order valence-corrected chi connectivity index (χ1v) is 7.79. The highest BCUT2D eigenvalue weighted by Gasteiger charge is 2.30. The van der Waals surface area contributed by atoms with E-state index < -0.39 is 0 Å². The Morgan fingerprint density at radius 3 is 2.80 bits per heavy atom. The van der Waals surface area contributed by atoms with Gasteiger partial charge in [-0.15, -0.1) is 12.4 Å². The maximum absolute atomic E-state index is 12.6. The van der Waals surface area contributed by atoms with E-state index in [-0.39, 0.29) is 23.1 Å². The first kappa shape index (κ1) is 15.7. The number of nitrogens with one attached hydrogen (secondary N) is 1. The predicted octanol–water partition coefficient (Wildman–Crippen LogP) is 2.68. The van der Waals surface area contributed by atoms with Crippen LogP contribution in [0.5, 0.6) is 0 Å². The molecule has 2 aliphatic rings. The molecule has 0 spiro atoms. The average Bonchev–Trinajstić information content (AvgIpc) is 2.83. The lowest BCUT2D eigenvalue weighted by molar-refractivity contribution is 0.0748. The molecule has 0 radical (unpaired) electrons. The summed E-state index contributed by atoms with van der Waals surface area (Å²) in [6.07, 6.45) is 0. The molecule has 1 saturated heterocycles. The van der Waals surface area contributed by atoms with E-state index in [1.807, 2.05) is 22.7 Å². The van der Waals surface area contributed by atoms with Crippen molar-refractivity contribution in [1.82, 2.24) is 10.2 Å². The van der Waals surface area contributed by atoms with Gasteiger partial charge in [-0.25, -0.2) is 0 Å². The minimum atomic E-state index is 0. The van der Waals surface area contributed by atoms with E-state index in [0.717, 1.165) is 37.5 Å². The number of thioether (sulfide) groups is 1. The molecule has 2 heterocycles. The SMILES string of the molecule is CC1(C)CN(C(=O)c2ccc3c(c2)CNC3)CCS1.Cl. The van der Waals surface area contributed by atoms with Crippen LogP contribution in [0.3, 0.4) is 0 Å². The van der Waals surface area contributed by atoms with Crippen molar-refractivity contribution in [3.8, 4) is 0 Å². The van der Waals surface area contributed by atoms with Gasteiger partial charge in [-0.3, -0.25) is 4.79 Å². The summed E-state index contributed by atoms with van der Waals surface area (Å²) in [5.41, 5.74) is 3.44. The van der Waals surface area contributed by atoms with Crippen LogP contribution < -0.4 is 5.32 Å². The fraction of sp³-hybridized carbons (Fsp3) is 0.533. The minimum absolute atomic E-state index is 0. The lowest BCUT2D eigenvalue weighted by atomic mass is 10.0. The third-order valence-corrected chi connectivity index (χ3v) is 5.09. The topological polar surface area (TPSA) is 32.3 Å². The van der Waals surface area contributed by atoms with Crippen LogP contribution in [0.1, 0.15) is 35.3 Å². The van der Waals surface area contributed by atoms with Gasteiger partial charge in [0, 0.05) is 42.2 Å². The highest BCUT2D eigenvalue weighted by Crippen LogP contribution is 2.30. The molecule has 5 heteroatoms. The van der Waals surface area contributed by atoms with Crippen molar-refractivity contribution < 1.29 is 4.79 Å². The molecule has 3 nitrogen and oxygen atoms in total. The molecule has 1 aromatic carbocycles. The van der Waals surface area contributed by atoms with Crippen LogP contribution in [0, 0.1) is 0 Å². The molecular weight excluding hydrogens is 292 g/mol. The minimum Gasteiger partial charge on any atom is -0.336 e. The van der Waals surface area contributed by atoms with Gasteiger partial charge in [0.1, 0.15) is 0 Å².